The summed E-state index contributed by atoms with van der Waals surface area (Å²) in [6.45, 7) is 1.93. The predicted octanol–water partition coefficient (Wildman–Crippen LogP) is 3.75. The Morgan fingerprint density at radius 1 is 1.32 bits per heavy atom. The van der Waals surface area contributed by atoms with Crippen LogP contribution in [0.15, 0.2) is 39.4 Å². The Kier molecular flexibility index (Phi) is 4.21. The molecule has 0 saturated heterocycles. The molecule has 0 aliphatic rings. The van der Waals surface area contributed by atoms with E-state index in [1.807, 2.05) is 13.0 Å². The number of carbonyl (C=O) groups is 1. The van der Waals surface area contributed by atoms with Crippen LogP contribution in [0, 0.1) is 6.92 Å². The number of nitrogen functional groups attached to an aromatic ring is 1. The number of nitrogens with two attached hydrogens (primary N) is 1. The second kappa shape index (κ2) is 5.71. The van der Waals surface area contributed by atoms with E-state index in [9.17, 15) is 4.79 Å². The highest BCUT2D eigenvalue weighted by atomic mass is 79.9. The molecule has 1 aromatic carbocycles. The van der Waals surface area contributed by atoms with Gasteiger partial charge in [-0.1, -0.05) is 0 Å². The van der Waals surface area contributed by atoms with Crippen LogP contribution < -0.4 is 11.1 Å². The molecule has 0 fully saturated rings. The van der Waals surface area contributed by atoms with Crippen molar-refractivity contribution >= 4 is 49.1 Å². The van der Waals surface area contributed by atoms with E-state index in [1.54, 1.807) is 24.4 Å². The summed E-state index contributed by atoms with van der Waals surface area (Å²) >= 11 is 6.66. The first-order valence-electron chi connectivity index (χ1n) is 5.46. The fourth-order valence-electron chi connectivity index (χ4n) is 1.59. The lowest BCUT2D eigenvalue weighted by molar-refractivity contribution is 0.102. The predicted molar refractivity (Wildman–Crippen MR) is 83.2 cm³/mol. The average molecular weight is 385 g/mol. The van der Waals surface area contributed by atoms with Crippen LogP contribution in [0.5, 0.6) is 0 Å². The Bertz CT molecular complexity index is 603. The summed E-state index contributed by atoms with van der Waals surface area (Å²) in [6.07, 6.45) is 1.57. The largest absolute Gasteiger partial charge is 0.397 e. The Morgan fingerprint density at radius 3 is 2.63 bits per heavy atom. The third-order valence-electron chi connectivity index (χ3n) is 2.46. The number of hydrogen-bond donors (Lipinski definition) is 2. The number of carbonyl (C=O) groups excluding carboxylic acids is 1. The summed E-state index contributed by atoms with van der Waals surface area (Å²) in [4.78, 5) is 16.1. The van der Waals surface area contributed by atoms with E-state index in [2.05, 4.69) is 42.2 Å². The second-order valence-electron chi connectivity index (χ2n) is 4.03. The van der Waals surface area contributed by atoms with E-state index in [0.29, 0.717) is 17.1 Å². The number of anilines is 2. The van der Waals surface area contributed by atoms with Crippen LogP contribution in [0.1, 0.15) is 16.1 Å². The molecule has 1 aromatic heterocycles. The number of rotatable bonds is 2. The molecule has 1 heterocycles. The average Bonchev–Trinajstić information content (AvgIpc) is 2.34. The number of amides is 1. The van der Waals surface area contributed by atoms with Gasteiger partial charge in [0.15, 0.2) is 0 Å². The van der Waals surface area contributed by atoms with Crippen LogP contribution >= 0.6 is 31.9 Å². The molecule has 19 heavy (non-hydrogen) atoms. The zero-order valence-corrected chi connectivity index (χ0v) is 13.2. The SMILES string of the molecule is Cc1cc(N)c(NC(=O)c2ccc(Br)cn2)c(Br)c1. The lowest BCUT2D eigenvalue weighted by Crippen LogP contribution is -2.15. The molecule has 4 nitrogen and oxygen atoms in total. The first-order chi connectivity index (χ1) is 8.97. The lowest BCUT2D eigenvalue weighted by atomic mass is 10.2. The third-order valence-corrected chi connectivity index (χ3v) is 3.56. The van der Waals surface area contributed by atoms with Crippen molar-refractivity contribution in [1.29, 1.82) is 0 Å². The smallest absolute Gasteiger partial charge is 0.274 e. The van der Waals surface area contributed by atoms with Crippen LogP contribution in [-0.2, 0) is 0 Å². The van der Waals surface area contributed by atoms with Gasteiger partial charge in [0, 0.05) is 15.1 Å². The Hall–Kier alpha value is -1.40. The zero-order valence-electron chi connectivity index (χ0n) is 10.1. The van der Waals surface area contributed by atoms with Gasteiger partial charge in [0.05, 0.1) is 11.4 Å². The molecule has 98 valence electrons. The summed E-state index contributed by atoms with van der Waals surface area (Å²) in [7, 11) is 0. The molecule has 0 spiro atoms. The van der Waals surface area contributed by atoms with Crippen LogP contribution in [0.4, 0.5) is 11.4 Å². The molecule has 6 heteroatoms. The number of pyridine rings is 1. The van der Waals surface area contributed by atoms with Gasteiger partial charge in [-0.3, -0.25) is 4.79 Å². The second-order valence-corrected chi connectivity index (χ2v) is 5.80. The summed E-state index contributed by atoms with van der Waals surface area (Å²) in [5.74, 6) is -0.302. The maximum Gasteiger partial charge on any atom is 0.274 e. The number of halogens is 2. The molecule has 0 aliphatic carbocycles. The lowest BCUT2D eigenvalue weighted by Gasteiger charge is -2.11. The van der Waals surface area contributed by atoms with Gasteiger partial charge in [0.2, 0.25) is 0 Å². The van der Waals surface area contributed by atoms with Gasteiger partial charge in [0.25, 0.3) is 5.91 Å². The van der Waals surface area contributed by atoms with Crippen molar-refractivity contribution in [1.82, 2.24) is 4.98 Å². The van der Waals surface area contributed by atoms with Crippen molar-refractivity contribution in [3.8, 4) is 0 Å². The fourth-order valence-corrected chi connectivity index (χ4v) is 2.51. The zero-order chi connectivity index (χ0) is 14.0. The molecule has 0 unspecified atom stereocenters. The van der Waals surface area contributed by atoms with Crippen molar-refractivity contribution < 1.29 is 4.79 Å². The molecule has 0 aliphatic heterocycles. The minimum Gasteiger partial charge on any atom is -0.397 e. The van der Waals surface area contributed by atoms with Gasteiger partial charge < -0.3 is 11.1 Å². The van der Waals surface area contributed by atoms with Crippen LogP contribution in [0.2, 0.25) is 0 Å². The summed E-state index contributed by atoms with van der Waals surface area (Å²) in [6, 6.07) is 7.09. The monoisotopic (exact) mass is 383 g/mol. The van der Waals surface area contributed by atoms with E-state index in [4.69, 9.17) is 5.73 Å². The summed E-state index contributed by atoms with van der Waals surface area (Å²) in [5.41, 5.74) is 8.31. The molecule has 2 rings (SSSR count). The van der Waals surface area contributed by atoms with Crippen molar-refractivity contribution in [2.45, 2.75) is 6.92 Å². The maximum absolute atomic E-state index is 12.0. The molecule has 0 radical (unpaired) electrons. The normalized spacial score (nSPS) is 10.3. The molecule has 0 bridgehead atoms. The van der Waals surface area contributed by atoms with Gasteiger partial charge in [-0.25, -0.2) is 4.98 Å². The standard InChI is InChI=1S/C13H11Br2N3O/c1-7-4-9(15)12(10(16)5-7)18-13(19)11-3-2-8(14)6-17-11/h2-6H,16H2,1H3,(H,18,19). The van der Waals surface area contributed by atoms with Crippen LogP contribution in [0.3, 0.4) is 0 Å². The third kappa shape index (κ3) is 3.33. The van der Waals surface area contributed by atoms with E-state index >= 15 is 0 Å². The van der Waals surface area contributed by atoms with Crippen molar-refractivity contribution in [2.24, 2.45) is 0 Å². The molecule has 2 aromatic rings. The number of nitrogens with one attached hydrogen (secondary N) is 1. The van der Waals surface area contributed by atoms with E-state index in [0.717, 1.165) is 14.5 Å². The van der Waals surface area contributed by atoms with Gasteiger partial charge in [0.1, 0.15) is 5.69 Å². The first-order valence-corrected chi connectivity index (χ1v) is 7.04. The maximum atomic E-state index is 12.0. The van der Waals surface area contributed by atoms with E-state index in [-0.39, 0.29) is 5.91 Å². The first kappa shape index (κ1) is 14.0. The van der Waals surface area contributed by atoms with Crippen molar-refractivity contribution in [3.63, 3.8) is 0 Å². The van der Waals surface area contributed by atoms with Gasteiger partial charge in [-0.05, 0) is 68.6 Å². The van der Waals surface area contributed by atoms with Gasteiger partial charge in [-0.2, -0.15) is 0 Å². The van der Waals surface area contributed by atoms with Crippen LogP contribution in [0.25, 0.3) is 0 Å². The number of hydrogen-bond acceptors (Lipinski definition) is 3. The van der Waals surface area contributed by atoms with Gasteiger partial charge >= 0.3 is 0 Å². The summed E-state index contributed by atoms with van der Waals surface area (Å²) in [5, 5.41) is 2.75. The molecule has 0 saturated carbocycles. The molecular formula is C13H11Br2N3O. The number of nitrogens with zero attached hydrogens (tertiary/aromatic N) is 1. The Morgan fingerprint density at radius 2 is 2.05 bits per heavy atom. The fraction of sp³-hybridized carbons (Fsp3) is 0.0769. The molecular weight excluding hydrogens is 374 g/mol. The highest BCUT2D eigenvalue weighted by molar-refractivity contribution is 9.10. The Balaban J connectivity index is 2.26. The molecule has 1 amide bonds. The van der Waals surface area contributed by atoms with E-state index < -0.39 is 0 Å². The molecule has 3 N–H and O–H groups in total. The van der Waals surface area contributed by atoms with Crippen LogP contribution in [-0.4, -0.2) is 10.9 Å². The minimum absolute atomic E-state index is 0.302. The topological polar surface area (TPSA) is 68.0 Å². The Labute approximate surface area is 127 Å². The highest BCUT2D eigenvalue weighted by Crippen LogP contribution is 2.30. The number of aromatic nitrogens is 1. The highest BCUT2D eigenvalue weighted by Gasteiger charge is 2.12. The van der Waals surface area contributed by atoms with Crippen molar-refractivity contribution in [2.75, 3.05) is 11.1 Å². The molecule has 0 atom stereocenters. The quantitative estimate of drug-likeness (QED) is 0.774. The van der Waals surface area contributed by atoms with Gasteiger partial charge in [-0.15, -0.1) is 0 Å². The summed E-state index contributed by atoms with van der Waals surface area (Å²) < 4.78 is 1.57. The number of benzene rings is 1. The number of aryl methyl sites for hydroxylation is 1. The van der Waals surface area contributed by atoms with Crippen molar-refractivity contribution in [3.05, 3.63) is 50.7 Å². The van der Waals surface area contributed by atoms with E-state index in [1.165, 1.54) is 0 Å². The minimum atomic E-state index is -0.302.